The first-order chi connectivity index (χ1) is 12.4. The molecule has 8 heteroatoms. The number of aryl methyl sites for hydroxylation is 1. The molecule has 1 aromatic carbocycles. The average Bonchev–Trinajstić information content (AvgIpc) is 3.10. The molecule has 0 aliphatic rings. The summed E-state index contributed by atoms with van der Waals surface area (Å²) in [6.45, 7) is 3.62. The number of nitrogens with one attached hydrogen (secondary N) is 1. The van der Waals surface area contributed by atoms with Gasteiger partial charge in [-0.15, -0.1) is 0 Å². The first-order valence-electron chi connectivity index (χ1n) is 8.22. The minimum atomic E-state index is -3.31. The molecule has 0 aliphatic heterocycles. The molecule has 0 unspecified atom stereocenters. The van der Waals surface area contributed by atoms with Gasteiger partial charge in [-0.3, -0.25) is 4.72 Å². The number of benzene rings is 1. The summed E-state index contributed by atoms with van der Waals surface area (Å²) in [4.78, 5) is 8.67. The van der Waals surface area contributed by atoms with Crippen LogP contribution in [0, 0.1) is 6.92 Å². The number of ether oxygens (including phenoxy) is 1. The zero-order chi connectivity index (χ0) is 18.6. The van der Waals surface area contributed by atoms with E-state index < -0.39 is 10.0 Å². The van der Waals surface area contributed by atoms with Crippen molar-refractivity contribution in [3.63, 3.8) is 0 Å². The lowest BCUT2D eigenvalue weighted by Crippen LogP contribution is -2.15. The smallest absolute Gasteiger partial charge is 0.232 e. The summed E-state index contributed by atoms with van der Waals surface area (Å²) in [5.41, 5.74) is 0.498. The Balaban J connectivity index is 1.75. The highest BCUT2D eigenvalue weighted by Crippen LogP contribution is 2.23. The summed E-state index contributed by atoms with van der Waals surface area (Å²) in [6.07, 6.45) is 4.35. The number of rotatable bonds is 7. The van der Waals surface area contributed by atoms with Gasteiger partial charge in [0.2, 0.25) is 15.9 Å². The Morgan fingerprint density at radius 1 is 1.12 bits per heavy atom. The van der Waals surface area contributed by atoms with Crippen LogP contribution >= 0.6 is 0 Å². The second kappa shape index (κ2) is 7.57. The van der Waals surface area contributed by atoms with Gasteiger partial charge in [0, 0.05) is 24.1 Å². The third-order valence-electron chi connectivity index (χ3n) is 3.49. The van der Waals surface area contributed by atoms with Crippen molar-refractivity contribution < 1.29 is 13.2 Å². The molecule has 0 saturated heterocycles. The summed E-state index contributed by atoms with van der Waals surface area (Å²) in [7, 11) is -3.31. The number of anilines is 1. The van der Waals surface area contributed by atoms with E-state index in [1.54, 1.807) is 37.3 Å². The number of hydrogen-bond donors (Lipinski definition) is 1. The second-order valence-corrected chi connectivity index (χ2v) is 7.59. The second-order valence-electron chi connectivity index (χ2n) is 5.75. The van der Waals surface area contributed by atoms with Crippen molar-refractivity contribution in [1.29, 1.82) is 0 Å². The van der Waals surface area contributed by atoms with Gasteiger partial charge in [-0.1, -0.05) is 6.92 Å². The number of nitrogens with zero attached hydrogens (tertiary/aromatic N) is 3. The maximum absolute atomic E-state index is 11.8. The molecule has 136 valence electrons. The summed E-state index contributed by atoms with van der Waals surface area (Å²) >= 11 is 0. The minimum Gasteiger partial charge on any atom is -0.439 e. The Kier molecular flexibility index (Phi) is 5.22. The van der Waals surface area contributed by atoms with Crippen LogP contribution < -0.4 is 9.46 Å². The molecular weight excluding hydrogens is 352 g/mol. The molecule has 0 bridgehead atoms. The molecular formula is C18H20N4O3S. The van der Waals surface area contributed by atoms with Crippen molar-refractivity contribution in [2.45, 2.75) is 20.3 Å². The molecule has 2 heterocycles. The molecule has 1 N–H and O–H groups in total. The third-order valence-corrected chi connectivity index (χ3v) is 4.99. The third kappa shape index (κ3) is 4.60. The highest BCUT2D eigenvalue weighted by Gasteiger charge is 2.09. The van der Waals surface area contributed by atoms with Gasteiger partial charge in [0.05, 0.1) is 5.75 Å². The van der Waals surface area contributed by atoms with Crippen molar-refractivity contribution in [3.05, 3.63) is 60.7 Å². The molecule has 3 rings (SSSR count). The van der Waals surface area contributed by atoms with Gasteiger partial charge in [-0.05, 0) is 49.7 Å². The van der Waals surface area contributed by atoms with Gasteiger partial charge in [0.1, 0.15) is 17.4 Å². The van der Waals surface area contributed by atoms with Crippen LogP contribution in [0.5, 0.6) is 11.6 Å². The van der Waals surface area contributed by atoms with Gasteiger partial charge in [0.25, 0.3) is 0 Å². The van der Waals surface area contributed by atoms with Crippen LogP contribution in [0.2, 0.25) is 0 Å². The molecule has 0 spiro atoms. The Bertz CT molecular complexity index is 968. The fourth-order valence-electron chi connectivity index (χ4n) is 2.41. The van der Waals surface area contributed by atoms with Gasteiger partial charge >= 0.3 is 0 Å². The van der Waals surface area contributed by atoms with Crippen LogP contribution in [0.25, 0.3) is 5.82 Å². The molecule has 7 nitrogen and oxygen atoms in total. The first kappa shape index (κ1) is 17.9. The molecule has 0 amide bonds. The predicted octanol–water partition coefficient (Wildman–Crippen LogP) is 3.52. The van der Waals surface area contributed by atoms with Gasteiger partial charge in [0.15, 0.2) is 0 Å². The highest BCUT2D eigenvalue weighted by atomic mass is 32.2. The number of sulfonamides is 1. The van der Waals surface area contributed by atoms with E-state index in [0.717, 1.165) is 0 Å². The van der Waals surface area contributed by atoms with Crippen LogP contribution in [0.3, 0.4) is 0 Å². The molecule has 0 aliphatic carbocycles. The quantitative estimate of drug-likeness (QED) is 0.686. The topological polar surface area (TPSA) is 86.1 Å². The molecule has 0 atom stereocenters. The van der Waals surface area contributed by atoms with Crippen LogP contribution in [0.1, 0.15) is 19.2 Å². The Morgan fingerprint density at radius 2 is 1.81 bits per heavy atom. The molecule has 26 heavy (non-hydrogen) atoms. The van der Waals surface area contributed by atoms with Crippen LogP contribution in [0.4, 0.5) is 5.69 Å². The molecule has 3 aromatic rings. The highest BCUT2D eigenvalue weighted by molar-refractivity contribution is 7.92. The summed E-state index contributed by atoms with van der Waals surface area (Å²) < 4.78 is 33.8. The lowest BCUT2D eigenvalue weighted by molar-refractivity contribution is 0.459. The Morgan fingerprint density at radius 3 is 2.46 bits per heavy atom. The first-order valence-corrected chi connectivity index (χ1v) is 9.88. The maximum Gasteiger partial charge on any atom is 0.232 e. The van der Waals surface area contributed by atoms with Gasteiger partial charge in [-0.2, -0.15) is 4.98 Å². The van der Waals surface area contributed by atoms with Crippen molar-refractivity contribution in [2.75, 3.05) is 10.5 Å². The van der Waals surface area contributed by atoms with E-state index in [1.165, 1.54) is 0 Å². The fraction of sp³-hybridized carbons (Fsp3) is 0.222. The van der Waals surface area contributed by atoms with Crippen LogP contribution in [0.15, 0.2) is 54.9 Å². The molecule has 0 fully saturated rings. The van der Waals surface area contributed by atoms with Gasteiger partial charge in [-0.25, -0.2) is 13.4 Å². The van der Waals surface area contributed by atoms with Gasteiger partial charge < -0.3 is 9.30 Å². The minimum absolute atomic E-state index is 0.0909. The summed E-state index contributed by atoms with van der Waals surface area (Å²) in [6, 6.07) is 12.3. The normalized spacial score (nSPS) is 11.3. The van der Waals surface area contributed by atoms with E-state index in [9.17, 15) is 8.42 Å². The predicted molar refractivity (Wildman–Crippen MR) is 100 cm³/mol. The van der Waals surface area contributed by atoms with E-state index in [4.69, 9.17) is 4.74 Å². The standard InChI is InChI=1S/C18H20N4O3S/c1-3-12-26(23,24)21-15-6-8-16(9-7-15)25-18-13-17(19-14(2)20-18)22-10-4-5-11-22/h4-11,13,21H,3,12H2,1-2H3. The average molecular weight is 372 g/mol. The fourth-order valence-corrected chi connectivity index (χ4v) is 3.54. The Labute approximate surface area is 152 Å². The molecule has 0 radical (unpaired) electrons. The van der Waals surface area contributed by atoms with Crippen LogP contribution in [-0.2, 0) is 10.0 Å². The van der Waals surface area contributed by atoms with Crippen molar-refractivity contribution in [2.24, 2.45) is 0 Å². The molecule has 0 saturated carbocycles. The number of hydrogen-bond acceptors (Lipinski definition) is 5. The van der Waals surface area contributed by atoms with E-state index >= 15 is 0 Å². The lowest BCUT2D eigenvalue weighted by Gasteiger charge is -2.10. The lowest BCUT2D eigenvalue weighted by atomic mass is 10.3. The SMILES string of the molecule is CCCS(=O)(=O)Nc1ccc(Oc2cc(-n3cccc3)nc(C)n2)cc1. The maximum atomic E-state index is 11.8. The van der Waals surface area contributed by atoms with E-state index in [0.29, 0.717) is 35.4 Å². The zero-order valence-corrected chi connectivity index (χ0v) is 15.4. The zero-order valence-electron chi connectivity index (χ0n) is 14.6. The van der Waals surface area contributed by atoms with Crippen molar-refractivity contribution >= 4 is 15.7 Å². The van der Waals surface area contributed by atoms with E-state index in [-0.39, 0.29) is 5.75 Å². The van der Waals surface area contributed by atoms with Crippen LogP contribution in [-0.4, -0.2) is 28.7 Å². The van der Waals surface area contributed by atoms with Crippen molar-refractivity contribution in [1.82, 2.24) is 14.5 Å². The van der Waals surface area contributed by atoms with E-state index in [1.807, 2.05) is 36.0 Å². The molecule has 2 aromatic heterocycles. The number of aromatic nitrogens is 3. The summed E-state index contributed by atoms with van der Waals surface area (Å²) in [5.74, 6) is 2.37. The Hall–Kier alpha value is -2.87. The largest absolute Gasteiger partial charge is 0.439 e. The van der Waals surface area contributed by atoms with E-state index in [2.05, 4.69) is 14.7 Å². The van der Waals surface area contributed by atoms with Crippen molar-refractivity contribution in [3.8, 4) is 17.4 Å². The summed E-state index contributed by atoms with van der Waals surface area (Å²) in [5, 5.41) is 0. The monoisotopic (exact) mass is 372 g/mol.